The molecule has 74 valence electrons. The number of rotatable bonds is 5. The molecule has 0 unspecified atom stereocenters. The molecule has 0 bridgehead atoms. The zero-order valence-corrected chi connectivity index (χ0v) is 8.01. The molecule has 1 heterocycles. The van der Waals surface area contributed by atoms with E-state index in [-0.39, 0.29) is 6.61 Å². The van der Waals surface area contributed by atoms with Crippen LogP contribution in [-0.2, 0) is 6.54 Å². The Bertz CT molecular complexity index is 245. The van der Waals surface area contributed by atoms with Gasteiger partial charge >= 0.3 is 0 Å². The van der Waals surface area contributed by atoms with Crippen molar-refractivity contribution in [1.29, 1.82) is 0 Å². The molecular formula is C7H15N5O. The zero-order chi connectivity index (χ0) is 9.68. The number of hydrogen-bond donors (Lipinski definition) is 1. The number of aromatic nitrogens is 4. The summed E-state index contributed by atoms with van der Waals surface area (Å²) in [7, 11) is 0. The summed E-state index contributed by atoms with van der Waals surface area (Å²) in [6, 6.07) is 0. The van der Waals surface area contributed by atoms with Crippen molar-refractivity contribution in [3.8, 4) is 0 Å². The smallest absolute Gasteiger partial charge is 0.245 e. The highest BCUT2D eigenvalue weighted by Gasteiger charge is 2.10. The Kier molecular flexibility index (Phi) is 3.63. The average molecular weight is 185 g/mol. The van der Waals surface area contributed by atoms with Gasteiger partial charge in [0, 0.05) is 13.1 Å². The lowest BCUT2D eigenvalue weighted by Gasteiger charge is -2.18. The first-order valence-electron chi connectivity index (χ1n) is 4.45. The highest BCUT2D eigenvalue weighted by molar-refractivity contribution is 5.26. The highest BCUT2D eigenvalue weighted by atomic mass is 16.3. The van der Waals surface area contributed by atoms with E-state index in [1.165, 1.54) is 0 Å². The van der Waals surface area contributed by atoms with Crippen molar-refractivity contribution >= 4 is 5.95 Å². The molecule has 1 rings (SSSR count). The summed E-state index contributed by atoms with van der Waals surface area (Å²) in [6.45, 7) is 6.31. The van der Waals surface area contributed by atoms with Gasteiger partial charge in [-0.1, -0.05) is 5.10 Å². The van der Waals surface area contributed by atoms with Crippen LogP contribution in [0, 0.1) is 0 Å². The highest BCUT2D eigenvalue weighted by Crippen LogP contribution is 2.06. The second kappa shape index (κ2) is 4.76. The van der Waals surface area contributed by atoms with Crippen LogP contribution in [0.15, 0.2) is 0 Å². The number of nitrogens with zero attached hydrogens (tertiary/aromatic N) is 5. The molecule has 0 fully saturated rings. The van der Waals surface area contributed by atoms with E-state index in [0.717, 1.165) is 19.0 Å². The molecule has 1 aromatic heterocycles. The fourth-order valence-corrected chi connectivity index (χ4v) is 1.17. The maximum atomic E-state index is 8.75. The quantitative estimate of drug-likeness (QED) is 0.670. The molecule has 0 aliphatic heterocycles. The van der Waals surface area contributed by atoms with E-state index in [9.17, 15) is 0 Å². The summed E-state index contributed by atoms with van der Waals surface area (Å²) in [5, 5.41) is 20.0. The molecule has 0 amide bonds. The van der Waals surface area contributed by atoms with Gasteiger partial charge in [-0.05, 0) is 24.3 Å². The van der Waals surface area contributed by atoms with E-state index < -0.39 is 0 Å². The number of hydrogen-bond acceptors (Lipinski definition) is 5. The van der Waals surface area contributed by atoms with Crippen molar-refractivity contribution in [2.75, 3.05) is 24.6 Å². The third-order valence-corrected chi connectivity index (χ3v) is 1.87. The van der Waals surface area contributed by atoms with Crippen LogP contribution in [0.2, 0.25) is 0 Å². The van der Waals surface area contributed by atoms with Gasteiger partial charge in [-0.25, -0.2) is 4.68 Å². The Morgan fingerprint density at radius 3 is 2.62 bits per heavy atom. The Labute approximate surface area is 77.2 Å². The van der Waals surface area contributed by atoms with Gasteiger partial charge in [0.1, 0.15) is 0 Å². The van der Waals surface area contributed by atoms with Gasteiger partial charge in [-0.2, -0.15) is 0 Å². The van der Waals surface area contributed by atoms with Crippen LogP contribution in [-0.4, -0.2) is 45.0 Å². The van der Waals surface area contributed by atoms with Crippen LogP contribution in [0.3, 0.4) is 0 Å². The van der Waals surface area contributed by atoms with Gasteiger partial charge in [-0.15, -0.1) is 0 Å². The minimum Gasteiger partial charge on any atom is -0.394 e. The topological polar surface area (TPSA) is 67.1 Å². The fourth-order valence-electron chi connectivity index (χ4n) is 1.17. The summed E-state index contributed by atoms with van der Waals surface area (Å²) < 4.78 is 1.60. The number of aliphatic hydroxyl groups is 1. The maximum absolute atomic E-state index is 8.75. The van der Waals surface area contributed by atoms with Gasteiger partial charge in [0.2, 0.25) is 5.95 Å². The predicted molar refractivity (Wildman–Crippen MR) is 48.5 cm³/mol. The van der Waals surface area contributed by atoms with Crippen LogP contribution in [0.25, 0.3) is 0 Å². The number of anilines is 1. The van der Waals surface area contributed by atoms with E-state index in [1.807, 2.05) is 18.7 Å². The second-order valence-corrected chi connectivity index (χ2v) is 2.60. The molecule has 0 aliphatic rings. The van der Waals surface area contributed by atoms with Crippen LogP contribution < -0.4 is 4.90 Å². The summed E-state index contributed by atoms with van der Waals surface area (Å²) in [6.07, 6.45) is 0. The van der Waals surface area contributed by atoms with E-state index in [4.69, 9.17) is 5.11 Å². The van der Waals surface area contributed by atoms with Crippen molar-refractivity contribution in [2.45, 2.75) is 20.4 Å². The molecule has 0 spiro atoms. The molecule has 0 saturated carbocycles. The van der Waals surface area contributed by atoms with Crippen LogP contribution >= 0.6 is 0 Å². The normalized spacial score (nSPS) is 10.4. The SMILES string of the molecule is CCN(CC)c1nnnn1CCO. The monoisotopic (exact) mass is 185 g/mol. The number of aliphatic hydroxyl groups excluding tert-OH is 1. The molecule has 6 heteroatoms. The molecule has 1 aromatic rings. The summed E-state index contributed by atoms with van der Waals surface area (Å²) >= 11 is 0. The molecule has 0 saturated heterocycles. The van der Waals surface area contributed by atoms with Crippen LogP contribution in [0.1, 0.15) is 13.8 Å². The molecule has 13 heavy (non-hydrogen) atoms. The Morgan fingerprint density at radius 1 is 1.38 bits per heavy atom. The lowest BCUT2D eigenvalue weighted by Crippen LogP contribution is -2.26. The van der Waals surface area contributed by atoms with Crippen molar-refractivity contribution in [1.82, 2.24) is 20.2 Å². The van der Waals surface area contributed by atoms with Crippen molar-refractivity contribution < 1.29 is 5.11 Å². The number of tetrazole rings is 1. The first-order chi connectivity index (χ1) is 6.33. The third kappa shape index (κ3) is 2.15. The molecule has 0 atom stereocenters. The molecule has 0 aliphatic carbocycles. The first kappa shape index (κ1) is 9.91. The van der Waals surface area contributed by atoms with E-state index >= 15 is 0 Å². The molecule has 0 aromatic carbocycles. The molecule has 0 radical (unpaired) electrons. The van der Waals surface area contributed by atoms with E-state index in [2.05, 4.69) is 15.5 Å². The van der Waals surface area contributed by atoms with Gasteiger partial charge in [0.05, 0.1) is 13.2 Å². The summed E-state index contributed by atoms with van der Waals surface area (Å²) in [4.78, 5) is 2.04. The minimum absolute atomic E-state index is 0.0549. The van der Waals surface area contributed by atoms with Crippen molar-refractivity contribution in [2.24, 2.45) is 0 Å². The minimum atomic E-state index is 0.0549. The average Bonchev–Trinajstić information content (AvgIpc) is 2.57. The molecule has 6 nitrogen and oxygen atoms in total. The van der Waals surface area contributed by atoms with Gasteiger partial charge < -0.3 is 10.0 Å². The Morgan fingerprint density at radius 2 is 2.08 bits per heavy atom. The van der Waals surface area contributed by atoms with Crippen molar-refractivity contribution in [3.05, 3.63) is 0 Å². The van der Waals surface area contributed by atoms with E-state index in [1.54, 1.807) is 4.68 Å². The fraction of sp³-hybridized carbons (Fsp3) is 0.857. The van der Waals surface area contributed by atoms with E-state index in [0.29, 0.717) is 6.54 Å². The molecular weight excluding hydrogens is 170 g/mol. The Balaban J connectivity index is 2.78. The van der Waals surface area contributed by atoms with Crippen molar-refractivity contribution in [3.63, 3.8) is 0 Å². The summed E-state index contributed by atoms with van der Waals surface area (Å²) in [5.74, 6) is 0.721. The second-order valence-electron chi connectivity index (χ2n) is 2.60. The predicted octanol–water partition coefficient (Wildman–Crippen LogP) is -0.488. The maximum Gasteiger partial charge on any atom is 0.245 e. The van der Waals surface area contributed by atoms with Gasteiger partial charge in [0.25, 0.3) is 0 Å². The first-order valence-corrected chi connectivity index (χ1v) is 4.45. The van der Waals surface area contributed by atoms with Gasteiger partial charge in [0.15, 0.2) is 0 Å². The van der Waals surface area contributed by atoms with Crippen LogP contribution in [0.4, 0.5) is 5.95 Å². The standard InChI is InChI=1S/C7H15N5O/c1-3-11(4-2)7-8-9-10-12(7)5-6-13/h13H,3-6H2,1-2H3. The Hall–Kier alpha value is -1.17. The zero-order valence-electron chi connectivity index (χ0n) is 8.01. The van der Waals surface area contributed by atoms with Crippen LogP contribution in [0.5, 0.6) is 0 Å². The largest absolute Gasteiger partial charge is 0.394 e. The molecule has 1 N–H and O–H groups in total. The summed E-state index contributed by atoms with van der Waals surface area (Å²) in [5.41, 5.74) is 0. The third-order valence-electron chi connectivity index (χ3n) is 1.87. The lowest BCUT2D eigenvalue weighted by molar-refractivity contribution is 0.268. The van der Waals surface area contributed by atoms with Gasteiger partial charge in [-0.3, -0.25) is 0 Å². The lowest BCUT2D eigenvalue weighted by atomic mass is 10.5.